The minimum Gasteiger partial charge on any atom is -0.325 e. The highest BCUT2D eigenvalue weighted by molar-refractivity contribution is 5.68. The van der Waals surface area contributed by atoms with E-state index in [4.69, 9.17) is 5.73 Å². The molecule has 0 radical (unpaired) electrons. The number of nitrogens with two attached hydrogens (primary N) is 1. The van der Waals surface area contributed by atoms with E-state index >= 15 is 0 Å². The Morgan fingerprint density at radius 1 is 1.00 bits per heavy atom. The predicted octanol–water partition coefficient (Wildman–Crippen LogP) is 3.26. The van der Waals surface area contributed by atoms with Crippen molar-refractivity contribution in [3.63, 3.8) is 0 Å². The number of hydrogen-bond acceptors (Lipinski definition) is 3. The van der Waals surface area contributed by atoms with Crippen molar-refractivity contribution in [2.75, 3.05) is 0 Å². The largest absolute Gasteiger partial charge is 0.325 e. The standard InChI is InChI=1S/C19H20N4/c1-15-7-9-17(10-8-15)14-23-19(18(13-20)21-22-23)12-11-16-5-3-2-4-6-16/h2-12H,13-14,20H2,1H3/b12-11+. The van der Waals surface area contributed by atoms with Crippen molar-refractivity contribution in [3.05, 3.63) is 82.7 Å². The molecule has 1 heterocycles. The molecule has 0 saturated carbocycles. The van der Waals surface area contributed by atoms with Gasteiger partial charge in [0.1, 0.15) is 5.69 Å². The quantitative estimate of drug-likeness (QED) is 0.787. The molecule has 0 aliphatic rings. The molecule has 2 N–H and O–H groups in total. The lowest BCUT2D eigenvalue weighted by Crippen LogP contribution is -2.05. The van der Waals surface area contributed by atoms with Crippen LogP contribution in [0.15, 0.2) is 54.6 Å². The van der Waals surface area contributed by atoms with Gasteiger partial charge in [0.25, 0.3) is 0 Å². The summed E-state index contributed by atoms with van der Waals surface area (Å²) in [6.07, 6.45) is 4.09. The van der Waals surface area contributed by atoms with Crippen LogP contribution in [0.5, 0.6) is 0 Å². The maximum atomic E-state index is 5.80. The molecule has 3 rings (SSSR count). The molecule has 23 heavy (non-hydrogen) atoms. The first-order chi connectivity index (χ1) is 11.3. The third-order valence-corrected chi connectivity index (χ3v) is 3.73. The molecule has 0 aliphatic carbocycles. The first-order valence-corrected chi connectivity index (χ1v) is 7.67. The van der Waals surface area contributed by atoms with Gasteiger partial charge < -0.3 is 5.73 Å². The highest BCUT2D eigenvalue weighted by atomic mass is 15.4. The number of hydrogen-bond donors (Lipinski definition) is 1. The van der Waals surface area contributed by atoms with Gasteiger partial charge in [0.05, 0.1) is 12.2 Å². The summed E-state index contributed by atoms with van der Waals surface area (Å²) in [5, 5.41) is 8.45. The number of rotatable bonds is 5. The fourth-order valence-corrected chi connectivity index (χ4v) is 2.41. The molecule has 0 aliphatic heterocycles. The van der Waals surface area contributed by atoms with Gasteiger partial charge in [0.15, 0.2) is 0 Å². The summed E-state index contributed by atoms with van der Waals surface area (Å²) >= 11 is 0. The van der Waals surface area contributed by atoms with Gasteiger partial charge in [-0.25, -0.2) is 4.68 Å². The Bertz CT molecular complexity index is 786. The average Bonchev–Trinajstić information content (AvgIpc) is 2.98. The Kier molecular flexibility index (Phi) is 4.64. The predicted molar refractivity (Wildman–Crippen MR) is 93.6 cm³/mol. The number of nitrogens with zero attached hydrogens (tertiary/aromatic N) is 3. The van der Waals surface area contributed by atoms with Gasteiger partial charge in [-0.2, -0.15) is 0 Å². The molecule has 0 saturated heterocycles. The fourth-order valence-electron chi connectivity index (χ4n) is 2.41. The average molecular weight is 304 g/mol. The van der Waals surface area contributed by atoms with Crippen molar-refractivity contribution in [1.82, 2.24) is 15.0 Å². The van der Waals surface area contributed by atoms with Crippen LogP contribution in [0.1, 0.15) is 28.1 Å². The van der Waals surface area contributed by atoms with E-state index in [1.807, 2.05) is 29.0 Å². The van der Waals surface area contributed by atoms with Gasteiger partial charge in [-0.3, -0.25) is 0 Å². The lowest BCUT2D eigenvalue weighted by molar-refractivity contribution is 0.644. The zero-order chi connectivity index (χ0) is 16.1. The summed E-state index contributed by atoms with van der Waals surface area (Å²) in [5.41, 5.74) is 11.1. The maximum absolute atomic E-state index is 5.80. The van der Waals surface area contributed by atoms with Crippen LogP contribution in [0.4, 0.5) is 0 Å². The molecule has 4 nitrogen and oxygen atoms in total. The van der Waals surface area contributed by atoms with Crippen molar-refractivity contribution < 1.29 is 0 Å². The van der Waals surface area contributed by atoms with E-state index < -0.39 is 0 Å². The van der Waals surface area contributed by atoms with E-state index in [2.05, 4.69) is 59.7 Å². The minimum atomic E-state index is 0.377. The summed E-state index contributed by atoms with van der Waals surface area (Å²) in [7, 11) is 0. The molecule has 0 amide bonds. The zero-order valence-electron chi connectivity index (χ0n) is 13.2. The molecule has 0 bridgehead atoms. The maximum Gasteiger partial charge on any atom is 0.104 e. The summed E-state index contributed by atoms with van der Waals surface area (Å²) < 4.78 is 1.90. The van der Waals surface area contributed by atoms with Crippen LogP contribution in [0.3, 0.4) is 0 Å². The third-order valence-electron chi connectivity index (χ3n) is 3.73. The molecule has 116 valence electrons. The molecule has 0 atom stereocenters. The Hall–Kier alpha value is -2.72. The second-order valence-electron chi connectivity index (χ2n) is 5.51. The zero-order valence-corrected chi connectivity index (χ0v) is 13.2. The first kappa shape index (κ1) is 15.2. The Morgan fingerprint density at radius 2 is 1.74 bits per heavy atom. The summed E-state index contributed by atoms with van der Waals surface area (Å²) in [5.74, 6) is 0. The molecule has 1 aromatic heterocycles. The Morgan fingerprint density at radius 3 is 2.43 bits per heavy atom. The monoisotopic (exact) mass is 304 g/mol. The van der Waals surface area contributed by atoms with Gasteiger partial charge in [0.2, 0.25) is 0 Å². The van der Waals surface area contributed by atoms with Gasteiger partial charge in [-0.15, -0.1) is 5.10 Å². The van der Waals surface area contributed by atoms with Crippen LogP contribution in [0.25, 0.3) is 12.2 Å². The molecule has 3 aromatic rings. The first-order valence-electron chi connectivity index (χ1n) is 7.67. The van der Waals surface area contributed by atoms with Gasteiger partial charge in [-0.05, 0) is 24.1 Å². The van der Waals surface area contributed by atoms with Crippen molar-refractivity contribution in [3.8, 4) is 0 Å². The van der Waals surface area contributed by atoms with E-state index in [-0.39, 0.29) is 0 Å². The van der Waals surface area contributed by atoms with Gasteiger partial charge in [0, 0.05) is 6.54 Å². The van der Waals surface area contributed by atoms with E-state index in [0.717, 1.165) is 17.0 Å². The molecule has 0 unspecified atom stereocenters. The summed E-state index contributed by atoms with van der Waals surface area (Å²) in [6.45, 7) is 3.14. The topological polar surface area (TPSA) is 56.7 Å². The van der Waals surface area contributed by atoms with E-state index in [1.165, 1.54) is 11.1 Å². The Labute approximate surface area is 136 Å². The molecule has 4 heteroatoms. The van der Waals surface area contributed by atoms with Gasteiger partial charge in [-0.1, -0.05) is 71.5 Å². The normalized spacial score (nSPS) is 11.2. The van der Waals surface area contributed by atoms with Crippen LogP contribution in [0.2, 0.25) is 0 Å². The highest BCUT2D eigenvalue weighted by Gasteiger charge is 2.09. The van der Waals surface area contributed by atoms with Crippen LogP contribution in [0, 0.1) is 6.92 Å². The second-order valence-corrected chi connectivity index (χ2v) is 5.51. The Balaban J connectivity index is 1.88. The molecule has 2 aromatic carbocycles. The third kappa shape index (κ3) is 3.73. The van der Waals surface area contributed by atoms with Crippen molar-refractivity contribution in [2.24, 2.45) is 5.73 Å². The van der Waals surface area contributed by atoms with Crippen LogP contribution in [-0.4, -0.2) is 15.0 Å². The van der Waals surface area contributed by atoms with Crippen LogP contribution < -0.4 is 5.73 Å². The minimum absolute atomic E-state index is 0.377. The van der Waals surface area contributed by atoms with Crippen LogP contribution >= 0.6 is 0 Å². The summed E-state index contributed by atoms with van der Waals surface area (Å²) in [4.78, 5) is 0. The van der Waals surface area contributed by atoms with Gasteiger partial charge >= 0.3 is 0 Å². The van der Waals surface area contributed by atoms with E-state index in [0.29, 0.717) is 13.1 Å². The summed E-state index contributed by atoms with van der Waals surface area (Å²) in [6, 6.07) is 18.6. The number of benzene rings is 2. The number of aryl methyl sites for hydroxylation is 1. The van der Waals surface area contributed by atoms with Crippen molar-refractivity contribution in [1.29, 1.82) is 0 Å². The van der Waals surface area contributed by atoms with Crippen molar-refractivity contribution >= 4 is 12.2 Å². The lowest BCUT2D eigenvalue weighted by atomic mass is 10.1. The SMILES string of the molecule is Cc1ccc(Cn2nnc(CN)c2/C=C/c2ccccc2)cc1. The van der Waals surface area contributed by atoms with Crippen LogP contribution in [-0.2, 0) is 13.1 Å². The van der Waals surface area contributed by atoms with E-state index in [1.54, 1.807) is 0 Å². The molecular weight excluding hydrogens is 284 g/mol. The smallest absolute Gasteiger partial charge is 0.104 e. The molecule has 0 fully saturated rings. The second kappa shape index (κ2) is 7.03. The highest BCUT2D eigenvalue weighted by Crippen LogP contribution is 2.13. The van der Waals surface area contributed by atoms with E-state index in [9.17, 15) is 0 Å². The lowest BCUT2D eigenvalue weighted by Gasteiger charge is -2.05. The number of aromatic nitrogens is 3. The molecule has 0 spiro atoms. The van der Waals surface area contributed by atoms with Crippen molar-refractivity contribution in [2.45, 2.75) is 20.0 Å². The molecular formula is C19H20N4. The fraction of sp³-hybridized carbons (Fsp3) is 0.158.